The van der Waals surface area contributed by atoms with Gasteiger partial charge in [-0.05, 0) is 75.7 Å². The molecule has 1 saturated carbocycles. The van der Waals surface area contributed by atoms with Gasteiger partial charge in [0.1, 0.15) is 6.26 Å². The van der Waals surface area contributed by atoms with Crippen LogP contribution < -0.4 is 16.0 Å². The summed E-state index contributed by atoms with van der Waals surface area (Å²) in [5.74, 6) is 1.64. The summed E-state index contributed by atoms with van der Waals surface area (Å²) in [4.78, 5) is 21.2. The minimum atomic E-state index is 0.169. The summed E-state index contributed by atoms with van der Waals surface area (Å²) in [5.41, 5.74) is 7.76. The Bertz CT molecular complexity index is 825. The number of hydrogen-bond acceptors (Lipinski definition) is 6. The summed E-state index contributed by atoms with van der Waals surface area (Å²) >= 11 is 0. The van der Waals surface area contributed by atoms with Gasteiger partial charge in [-0.3, -0.25) is 9.69 Å². The average molecular weight is 440 g/mol. The molecule has 0 bridgehead atoms. The van der Waals surface area contributed by atoms with E-state index in [9.17, 15) is 4.79 Å². The molecule has 1 saturated heterocycles. The number of benzene rings is 1. The molecule has 1 aliphatic heterocycles. The largest absolute Gasteiger partial charge is 0.445 e. The van der Waals surface area contributed by atoms with Crippen molar-refractivity contribution in [1.29, 1.82) is 0 Å². The Hall–Kier alpha value is -2.38. The van der Waals surface area contributed by atoms with Crippen LogP contribution in [0.15, 0.2) is 41.1 Å². The topological polar surface area (TPSA) is 87.6 Å². The first-order chi connectivity index (χ1) is 15.7. The first-order valence-electron chi connectivity index (χ1n) is 12.2. The number of nitrogens with two attached hydrogens (primary N) is 1. The molecule has 3 N–H and O–H groups in total. The summed E-state index contributed by atoms with van der Waals surface area (Å²) in [6, 6.07) is 8.85. The van der Waals surface area contributed by atoms with E-state index in [1.54, 1.807) is 12.5 Å². The fourth-order valence-corrected chi connectivity index (χ4v) is 4.95. The van der Waals surface area contributed by atoms with Crippen LogP contribution in [-0.2, 0) is 4.79 Å². The first kappa shape index (κ1) is 22.8. The number of hydrogen-bond donors (Lipinski definition) is 2. The molecule has 0 radical (unpaired) electrons. The second-order valence-electron chi connectivity index (χ2n) is 9.18. The van der Waals surface area contributed by atoms with Crippen LogP contribution in [0.5, 0.6) is 0 Å². The van der Waals surface area contributed by atoms with Crippen LogP contribution in [0.4, 0.5) is 5.69 Å². The summed E-state index contributed by atoms with van der Waals surface area (Å²) in [5, 5.41) is 3.19. The van der Waals surface area contributed by atoms with E-state index in [2.05, 4.69) is 38.3 Å². The van der Waals surface area contributed by atoms with Gasteiger partial charge >= 0.3 is 0 Å². The number of oxazole rings is 1. The molecular formula is C25H37N5O2. The van der Waals surface area contributed by atoms with E-state index in [1.165, 1.54) is 31.5 Å². The van der Waals surface area contributed by atoms with Crippen LogP contribution in [0.3, 0.4) is 0 Å². The zero-order chi connectivity index (χ0) is 22.2. The van der Waals surface area contributed by atoms with E-state index < -0.39 is 0 Å². The van der Waals surface area contributed by atoms with E-state index in [1.807, 2.05) is 6.07 Å². The highest BCUT2D eigenvalue weighted by Gasteiger charge is 2.24. The minimum Gasteiger partial charge on any atom is -0.445 e. The average Bonchev–Trinajstić information content (AvgIpc) is 3.38. The van der Waals surface area contributed by atoms with Gasteiger partial charge in [0.15, 0.2) is 0 Å². The summed E-state index contributed by atoms with van der Waals surface area (Å²) in [6.45, 7) is 6.09. The molecule has 1 amide bonds. The van der Waals surface area contributed by atoms with Crippen LogP contribution in [0.2, 0.25) is 0 Å². The van der Waals surface area contributed by atoms with Crippen molar-refractivity contribution in [3.05, 3.63) is 36.7 Å². The van der Waals surface area contributed by atoms with Gasteiger partial charge in [-0.2, -0.15) is 0 Å². The third-order valence-electron chi connectivity index (χ3n) is 6.94. The standard InChI is InChI=1S/C25H37N5O2/c26-11-2-5-24(31)28-22-8-6-20(7-9-22)10-13-29-14-16-30(17-15-29)23-4-1-3-21(19-23)25-27-12-18-32-25/h1,3-4,12,18-20,22H,2,5-11,13-17,26H2,(H,28,31). The number of carbonyl (C=O) groups is 1. The second kappa shape index (κ2) is 11.5. The Kier molecular flexibility index (Phi) is 8.18. The van der Waals surface area contributed by atoms with Crippen LogP contribution in [0.1, 0.15) is 44.9 Å². The molecule has 2 heterocycles. The monoisotopic (exact) mass is 439 g/mol. The van der Waals surface area contributed by atoms with Gasteiger partial charge in [-0.15, -0.1) is 0 Å². The maximum atomic E-state index is 11.9. The third kappa shape index (κ3) is 6.33. The molecular weight excluding hydrogens is 402 g/mol. The van der Waals surface area contributed by atoms with E-state index in [-0.39, 0.29) is 5.91 Å². The van der Waals surface area contributed by atoms with E-state index >= 15 is 0 Å². The van der Waals surface area contributed by atoms with Gasteiger partial charge < -0.3 is 20.4 Å². The number of nitrogens with one attached hydrogen (secondary N) is 1. The van der Waals surface area contributed by atoms with Gasteiger partial charge in [0, 0.05) is 49.9 Å². The quantitative estimate of drug-likeness (QED) is 0.624. The van der Waals surface area contributed by atoms with Crippen molar-refractivity contribution in [2.75, 3.05) is 44.2 Å². The predicted octanol–water partition coefficient (Wildman–Crippen LogP) is 3.27. The highest BCUT2D eigenvalue weighted by atomic mass is 16.3. The maximum absolute atomic E-state index is 11.9. The number of nitrogens with zero attached hydrogens (tertiary/aromatic N) is 3. The smallest absolute Gasteiger partial charge is 0.225 e. The molecule has 2 aliphatic rings. The Morgan fingerprint density at radius 3 is 2.69 bits per heavy atom. The van der Waals surface area contributed by atoms with Gasteiger partial charge in [0.25, 0.3) is 0 Å². The molecule has 174 valence electrons. The predicted molar refractivity (Wildman–Crippen MR) is 127 cm³/mol. The fraction of sp³-hybridized carbons (Fsp3) is 0.600. The molecule has 0 unspecified atom stereocenters. The lowest BCUT2D eigenvalue weighted by atomic mass is 9.84. The summed E-state index contributed by atoms with van der Waals surface area (Å²) < 4.78 is 5.45. The van der Waals surface area contributed by atoms with Crippen molar-refractivity contribution in [2.45, 2.75) is 51.0 Å². The molecule has 32 heavy (non-hydrogen) atoms. The number of aromatic nitrogens is 1. The zero-order valence-electron chi connectivity index (χ0n) is 19.0. The minimum absolute atomic E-state index is 0.169. The molecule has 7 nitrogen and oxygen atoms in total. The van der Waals surface area contributed by atoms with Crippen molar-refractivity contribution in [3.63, 3.8) is 0 Å². The SMILES string of the molecule is NCCCC(=O)NC1CCC(CCN2CCN(c3cccc(-c4ncco4)c3)CC2)CC1. The van der Waals surface area contributed by atoms with Gasteiger partial charge in [-0.1, -0.05) is 6.07 Å². The number of carbonyl (C=O) groups excluding carboxylic acids is 1. The molecule has 0 atom stereocenters. The Morgan fingerprint density at radius 2 is 1.97 bits per heavy atom. The zero-order valence-corrected chi connectivity index (χ0v) is 19.0. The van der Waals surface area contributed by atoms with Gasteiger partial charge in [0.05, 0.1) is 6.20 Å². The number of rotatable bonds is 9. The van der Waals surface area contributed by atoms with E-state index in [0.717, 1.165) is 56.9 Å². The van der Waals surface area contributed by atoms with Gasteiger partial charge in [-0.25, -0.2) is 4.98 Å². The number of anilines is 1. The third-order valence-corrected chi connectivity index (χ3v) is 6.94. The van der Waals surface area contributed by atoms with Crippen LogP contribution >= 0.6 is 0 Å². The highest BCUT2D eigenvalue weighted by molar-refractivity contribution is 5.76. The van der Waals surface area contributed by atoms with Gasteiger partial charge in [0.2, 0.25) is 11.8 Å². The maximum Gasteiger partial charge on any atom is 0.225 e. The summed E-state index contributed by atoms with van der Waals surface area (Å²) in [7, 11) is 0. The highest BCUT2D eigenvalue weighted by Crippen LogP contribution is 2.28. The lowest BCUT2D eigenvalue weighted by Crippen LogP contribution is -2.47. The van der Waals surface area contributed by atoms with Crippen molar-refractivity contribution in [1.82, 2.24) is 15.2 Å². The normalized spacial score (nSPS) is 22.1. The lowest BCUT2D eigenvalue weighted by Gasteiger charge is -2.37. The van der Waals surface area contributed by atoms with Crippen LogP contribution in [0, 0.1) is 5.92 Å². The molecule has 7 heteroatoms. The van der Waals surface area contributed by atoms with Crippen molar-refractivity contribution in [3.8, 4) is 11.5 Å². The molecule has 2 aromatic rings. The number of amides is 1. The Labute approximate surface area is 191 Å². The van der Waals surface area contributed by atoms with E-state index in [4.69, 9.17) is 10.2 Å². The van der Waals surface area contributed by atoms with Crippen LogP contribution in [0.25, 0.3) is 11.5 Å². The molecule has 1 aromatic carbocycles. The van der Waals surface area contributed by atoms with Crippen molar-refractivity contribution in [2.24, 2.45) is 11.7 Å². The Morgan fingerprint density at radius 1 is 1.16 bits per heavy atom. The van der Waals surface area contributed by atoms with Crippen molar-refractivity contribution < 1.29 is 9.21 Å². The first-order valence-corrected chi connectivity index (χ1v) is 12.2. The Balaban J connectivity index is 1.15. The molecule has 4 rings (SSSR count). The molecule has 0 spiro atoms. The van der Waals surface area contributed by atoms with Crippen molar-refractivity contribution >= 4 is 11.6 Å². The number of piperazine rings is 1. The molecule has 2 fully saturated rings. The van der Waals surface area contributed by atoms with Crippen LogP contribution in [-0.4, -0.2) is 61.1 Å². The second-order valence-corrected chi connectivity index (χ2v) is 9.18. The lowest BCUT2D eigenvalue weighted by molar-refractivity contribution is -0.122. The fourth-order valence-electron chi connectivity index (χ4n) is 4.95. The molecule has 1 aliphatic carbocycles. The van der Waals surface area contributed by atoms with E-state index in [0.29, 0.717) is 24.9 Å². The summed E-state index contributed by atoms with van der Waals surface area (Å²) in [6.07, 6.45) is 10.6. The molecule has 1 aromatic heterocycles.